The van der Waals surface area contributed by atoms with Gasteiger partial charge in [0.05, 0.1) is 6.61 Å². The molecule has 0 heterocycles. The van der Waals surface area contributed by atoms with Crippen LogP contribution in [0.3, 0.4) is 0 Å². The highest BCUT2D eigenvalue weighted by atomic mass is 16.5. The summed E-state index contributed by atoms with van der Waals surface area (Å²) in [5.74, 6) is 0. The van der Waals surface area contributed by atoms with Crippen molar-refractivity contribution in [1.82, 2.24) is 5.32 Å². The first-order valence-corrected chi connectivity index (χ1v) is 6.32. The first-order chi connectivity index (χ1) is 8.36. The van der Waals surface area contributed by atoms with Gasteiger partial charge in [-0.05, 0) is 31.9 Å². The molecule has 0 amide bonds. The summed E-state index contributed by atoms with van der Waals surface area (Å²) in [6.45, 7) is 4.61. The van der Waals surface area contributed by atoms with Crippen LogP contribution in [0.25, 0.3) is 0 Å². The Balaban J connectivity index is 2.20. The van der Waals surface area contributed by atoms with Crippen molar-refractivity contribution in [3.63, 3.8) is 0 Å². The van der Waals surface area contributed by atoms with Crippen molar-refractivity contribution >= 4 is 0 Å². The molecule has 1 unspecified atom stereocenters. The molecule has 0 aliphatic carbocycles. The zero-order valence-corrected chi connectivity index (χ0v) is 10.6. The van der Waals surface area contributed by atoms with Gasteiger partial charge in [-0.1, -0.05) is 30.3 Å². The van der Waals surface area contributed by atoms with Crippen molar-refractivity contribution in [2.24, 2.45) is 0 Å². The second kappa shape index (κ2) is 9.16. The molecule has 0 aliphatic heterocycles. The third-order valence-corrected chi connectivity index (χ3v) is 2.65. The lowest BCUT2D eigenvalue weighted by Gasteiger charge is -2.16. The lowest BCUT2D eigenvalue weighted by atomic mass is 10.1. The monoisotopic (exact) mass is 237 g/mol. The number of aliphatic hydroxyl groups excluding tert-OH is 1. The van der Waals surface area contributed by atoms with Gasteiger partial charge in [0.2, 0.25) is 0 Å². The van der Waals surface area contributed by atoms with E-state index in [0.29, 0.717) is 0 Å². The normalized spacial score (nSPS) is 12.6. The van der Waals surface area contributed by atoms with Crippen LogP contribution in [0.1, 0.15) is 18.9 Å². The number of ether oxygens (including phenoxy) is 1. The summed E-state index contributed by atoms with van der Waals surface area (Å²) in [5.41, 5.74) is 1.25. The molecule has 0 saturated heterocycles. The van der Waals surface area contributed by atoms with Crippen molar-refractivity contribution in [1.29, 1.82) is 0 Å². The van der Waals surface area contributed by atoms with E-state index in [1.54, 1.807) is 0 Å². The molecule has 0 aromatic heterocycles. The smallest absolute Gasteiger partial charge is 0.0587 e. The molecule has 1 aromatic rings. The topological polar surface area (TPSA) is 41.5 Å². The van der Waals surface area contributed by atoms with Gasteiger partial charge < -0.3 is 15.2 Å². The minimum atomic E-state index is 0.138. The van der Waals surface area contributed by atoms with E-state index >= 15 is 0 Å². The Kier molecular flexibility index (Phi) is 7.63. The van der Waals surface area contributed by atoms with Gasteiger partial charge in [0.1, 0.15) is 0 Å². The molecular weight excluding hydrogens is 214 g/mol. The number of nitrogens with one attached hydrogen (secondary N) is 1. The maximum atomic E-state index is 9.30. The molecule has 96 valence electrons. The zero-order chi connectivity index (χ0) is 12.3. The second-order valence-electron chi connectivity index (χ2n) is 4.07. The van der Waals surface area contributed by atoms with Gasteiger partial charge >= 0.3 is 0 Å². The Bertz CT molecular complexity index is 277. The van der Waals surface area contributed by atoms with Crippen molar-refractivity contribution in [2.75, 3.05) is 26.4 Å². The molecule has 3 nitrogen and oxygen atoms in total. The molecule has 0 bridgehead atoms. The van der Waals surface area contributed by atoms with Gasteiger partial charge in [0, 0.05) is 19.3 Å². The van der Waals surface area contributed by atoms with E-state index in [1.165, 1.54) is 5.56 Å². The van der Waals surface area contributed by atoms with Crippen LogP contribution in [0.2, 0.25) is 0 Å². The predicted octanol–water partition coefficient (Wildman–Crippen LogP) is 1.61. The number of hydrogen-bond donors (Lipinski definition) is 2. The van der Waals surface area contributed by atoms with Crippen LogP contribution < -0.4 is 5.32 Å². The molecule has 0 fully saturated rings. The number of aliphatic hydroxyl groups is 1. The molecule has 0 radical (unpaired) electrons. The van der Waals surface area contributed by atoms with E-state index in [4.69, 9.17) is 4.74 Å². The Morgan fingerprint density at radius 2 is 2.06 bits per heavy atom. The predicted molar refractivity (Wildman–Crippen MR) is 70.1 cm³/mol. The average molecular weight is 237 g/mol. The second-order valence-corrected chi connectivity index (χ2v) is 4.07. The fraction of sp³-hybridized carbons (Fsp3) is 0.571. The molecule has 0 aliphatic rings. The number of rotatable bonds is 9. The van der Waals surface area contributed by atoms with Crippen molar-refractivity contribution in [3.05, 3.63) is 35.9 Å². The van der Waals surface area contributed by atoms with E-state index in [9.17, 15) is 5.11 Å². The van der Waals surface area contributed by atoms with Crippen LogP contribution in [0.15, 0.2) is 30.3 Å². The Morgan fingerprint density at radius 1 is 1.29 bits per heavy atom. The van der Waals surface area contributed by atoms with E-state index < -0.39 is 0 Å². The van der Waals surface area contributed by atoms with Gasteiger partial charge in [-0.2, -0.15) is 0 Å². The van der Waals surface area contributed by atoms with E-state index in [0.717, 1.165) is 32.6 Å². The maximum Gasteiger partial charge on any atom is 0.0587 e. The minimum Gasteiger partial charge on any atom is -0.395 e. The Morgan fingerprint density at radius 3 is 2.71 bits per heavy atom. The van der Waals surface area contributed by atoms with E-state index in [2.05, 4.69) is 17.4 Å². The summed E-state index contributed by atoms with van der Waals surface area (Å²) in [6, 6.07) is 10.4. The van der Waals surface area contributed by atoms with Crippen LogP contribution in [0, 0.1) is 0 Å². The van der Waals surface area contributed by atoms with Gasteiger partial charge in [-0.3, -0.25) is 0 Å². The Labute approximate surface area is 104 Å². The van der Waals surface area contributed by atoms with Crippen molar-refractivity contribution in [2.45, 2.75) is 25.8 Å². The zero-order valence-electron chi connectivity index (χ0n) is 10.6. The van der Waals surface area contributed by atoms with Gasteiger partial charge in [-0.15, -0.1) is 0 Å². The molecule has 17 heavy (non-hydrogen) atoms. The van der Waals surface area contributed by atoms with Gasteiger partial charge in [0.15, 0.2) is 0 Å². The summed E-state index contributed by atoms with van der Waals surface area (Å²) in [6.07, 6.45) is 1.85. The van der Waals surface area contributed by atoms with Crippen LogP contribution in [0.5, 0.6) is 0 Å². The minimum absolute atomic E-state index is 0.138. The molecule has 0 saturated carbocycles. The SMILES string of the molecule is CCOCCCNC(CO)Cc1ccccc1. The Hall–Kier alpha value is -0.900. The summed E-state index contributed by atoms with van der Waals surface area (Å²) >= 11 is 0. The molecule has 1 atom stereocenters. The van der Waals surface area contributed by atoms with Gasteiger partial charge in [-0.25, -0.2) is 0 Å². The molecule has 1 rings (SSSR count). The molecule has 1 aromatic carbocycles. The van der Waals surface area contributed by atoms with Crippen LogP contribution in [-0.4, -0.2) is 37.5 Å². The molecule has 0 spiro atoms. The largest absolute Gasteiger partial charge is 0.395 e. The molecular formula is C14H23NO2. The van der Waals surface area contributed by atoms with E-state index in [1.807, 2.05) is 25.1 Å². The quantitative estimate of drug-likeness (QED) is 0.641. The molecule has 3 heteroatoms. The van der Waals surface area contributed by atoms with Gasteiger partial charge in [0.25, 0.3) is 0 Å². The number of benzene rings is 1. The van der Waals surface area contributed by atoms with E-state index in [-0.39, 0.29) is 12.6 Å². The lowest BCUT2D eigenvalue weighted by Crippen LogP contribution is -2.35. The fourth-order valence-corrected chi connectivity index (χ4v) is 1.72. The molecule has 2 N–H and O–H groups in total. The third kappa shape index (κ3) is 6.41. The summed E-state index contributed by atoms with van der Waals surface area (Å²) < 4.78 is 5.26. The summed E-state index contributed by atoms with van der Waals surface area (Å²) in [4.78, 5) is 0. The van der Waals surface area contributed by atoms with Crippen LogP contribution in [-0.2, 0) is 11.2 Å². The standard InChI is InChI=1S/C14H23NO2/c1-2-17-10-6-9-15-14(12-16)11-13-7-4-3-5-8-13/h3-5,7-8,14-16H,2,6,9-12H2,1H3. The number of hydrogen-bond acceptors (Lipinski definition) is 3. The lowest BCUT2D eigenvalue weighted by molar-refractivity contribution is 0.142. The summed E-state index contributed by atoms with van der Waals surface area (Å²) in [5, 5.41) is 12.6. The first kappa shape index (κ1) is 14.2. The first-order valence-electron chi connectivity index (χ1n) is 6.32. The highest BCUT2D eigenvalue weighted by Gasteiger charge is 2.06. The fourth-order valence-electron chi connectivity index (χ4n) is 1.72. The average Bonchev–Trinajstić information content (AvgIpc) is 2.38. The van der Waals surface area contributed by atoms with Crippen LogP contribution >= 0.6 is 0 Å². The van der Waals surface area contributed by atoms with Crippen LogP contribution in [0.4, 0.5) is 0 Å². The summed E-state index contributed by atoms with van der Waals surface area (Å²) in [7, 11) is 0. The third-order valence-electron chi connectivity index (χ3n) is 2.65. The van der Waals surface area contributed by atoms with Crippen molar-refractivity contribution < 1.29 is 9.84 Å². The highest BCUT2D eigenvalue weighted by Crippen LogP contribution is 2.02. The van der Waals surface area contributed by atoms with Crippen molar-refractivity contribution in [3.8, 4) is 0 Å². The maximum absolute atomic E-state index is 9.30. The highest BCUT2D eigenvalue weighted by molar-refractivity contribution is 5.15.